The largest absolute Gasteiger partial charge is 0.519 e. The van der Waals surface area contributed by atoms with Gasteiger partial charge in [-0.15, -0.1) is 0 Å². The van der Waals surface area contributed by atoms with Gasteiger partial charge in [0, 0.05) is 0 Å². The van der Waals surface area contributed by atoms with Crippen LogP contribution in [0.1, 0.15) is 0 Å². The van der Waals surface area contributed by atoms with Crippen molar-refractivity contribution in [3.63, 3.8) is 0 Å². The molecule has 0 rings (SSSR count). The summed E-state index contributed by atoms with van der Waals surface area (Å²) in [4.78, 5) is 21.2. The SMILES string of the molecule is C[Si](C)(C)OC(=O)CNC(=O)C(F)(F)F. The molecule has 1 N–H and O–H groups in total. The molecule has 0 aromatic heterocycles. The van der Waals surface area contributed by atoms with Crippen LogP contribution in [0.15, 0.2) is 0 Å². The zero-order chi connectivity index (χ0) is 12.3. The molecule has 0 spiro atoms. The average Bonchev–Trinajstić information content (AvgIpc) is 1.94. The summed E-state index contributed by atoms with van der Waals surface area (Å²) in [5.41, 5.74) is 0. The van der Waals surface area contributed by atoms with Crippen molar-refractivity contribution < 1.29 is 27.2 Å². The topological polar surface area (TPSA) is 55.4 Å². The van der Waals surface area contributed by atoms with Crippen LogP contribution in [-0.2, 0) is 14.0 Å². The summed E-state index contributed by atoms with van der Waals surface area (Å²) in [6.07, 6.45) is -4.97. The van der Waals surface area contributed by atoms with Crippen molar-refractivity contribution >= 4 is 20.2 Å². The lowest BCUT2D eigenvalue weighted by atomic mass is 10.5. The smallest absolute Gasteiger partial charge is 0.471 e. The maximum atomic E-state index is 11.7. The van der Waals surface area contributed by atoms with Gasteiger partial charge in [-0.1, -0.05) is 0 Å². The van der Waals surface area contributed by atoms with Gasteiger partial charge in [0.05, 0.1) is 0 Å². The zero-order valence-electron chi connectivity index (χ0n) is 8.57. The first-order valence-electron chi connectivity index (χ1n) is 4.09. The fourth-order valence-electron chi connectivity index (χ4n) is 0.630. The first-order valence-corrected chi connectivity index (χ1v) is 7.50. The van der Waals surface area contributed by atoms with Crippen LogP contribution in [-0.4, -0.2) is 32.9 Å². The van der Waals surface area contributed by atoms with Crippen LogP contribution < -0.4 is 5.32 Å². The van der Waals surface area contributed by atoms with Crippen molar-refractivity contribution in [2.75, 3.05) is 6.54 Å². The van der Waals surface area contributed by atoms with E-state index in [9.17, 15) is 22.8 Å². The van der Waals surface area contributed by atoms with Gasteiger partial charge in [-0.2, -0.15) is 13.2 Å². The molecule has 15 heavy (non-hydrogen) atoms. The van der Waals surface area contributed by atoms with Gasteiger partial charge < -0.3 is 9.74 Å². The number of hydrogen-bond donors (Lipinski definition) is 1. The number of nitrogens with one attached hydrogen (secondary N) is 1. The summed E-state index contributed by atoms with van der Waals surface area (Å²) >= 11 is 0. The second kappa shape index (κ2) is 4.64. The van der Waals surface area contributed by atoms with E-state index < -0.39 is 32.9 Å². The van der Waals surface area contributed by atoms with E-state index >= 15 is 0 Å². The highest BCUT2D eigenvalue weighted by atomic mass is 28.4. The van der Waals surface area contributed by atoms with Gasteiger partial charge in [0.25, 0.3) is 0 Å². The molecular weight excluding hydrogens is 231 g/mol. The summed E-state index contributed by atoms with van der Waals surface area (Å²) in [6, 6.07) is 0. The van der Waals surface area contributed by atoms with E-state index in [0.717, 1.165) is 0 Å². The van der Waals surface area contributed by atoms with Gasteiger partial charge >= 0.3 is 18.1 Å². The summed E-state index contributed by atoms with van der Waals surface area (Å²) < 4.78 is 39.9. The first kappa shape index (κ1) is 13.9. The molecule has 0 aliphatic heterocycles. The fourth-order valence-corrected chi connectivity index (χ4v) is 1.39. The summed E-state index contributed by atoms with van der Waals surface area (Å²) in [5, 5.41) is 1.43. The number of halogens is 3. The zero-order valence-corrected chi connectivity index (χ0v) is 9.57. The minimum absolute atomic E-state index is 0.761. The molecule has 0 heterocycles. The minimum atomic E-state index is -4.97. The molecule has 8 heteroatoms. The highest BCUT2D eigenvalue weighted by Crippen LogP contribution is 2.13. The molecule has 0 aliphatic rings. The minimum Gasteiger partial charge on any atom is -0.519 e. The normalized spacial score (nSPS) is 12.1. The molecule has 0 saturated heterocycles. The summed E-state index contributed by atoms with van der Waals surface area (Å²) in [6.45, 7) is 4.35. The van der Waals surface area contributed by atoms with Gasteiger partial charge in [-0.3, -0.25) is 9.59 Å². The Bertz CT molecular complexity index is 259. The second-order valence-corrected chi connectivity index (χ2v) is 8.20. The van der Waals surface area contributed by atoms with Crippen LogP contribution in [0.25, 0.3) is 0 Å². The maximum absolute atomic E-state index is 11.7. The Labute approximate surface area is 85.9 Å². The van der Waals surface area contributed by atoms with Crippen molar-refractivity contribution in [1.29, 1.82) is 0 Å². The number of hydrogen-bond acceptors (Lipinski definition) is 3. The van der Waals surface area contributed by atoms with Crippen molar-refractivity contribution in [3.05, 3.63) is 0 Å². The van der Waals surface area contributed by atoms with Gasteiger partial charge in [0.15, 0.2) is 0 Å². The number of alkyl halides is 3. The highest BCUT2D eigenvalue weighted by Gasteiger charge is 2.38. The van der Waals surface area contributed by atoms with Crippen molar-refractivity contribution in [2.45, 2.75) is 25.8 Å². The molecule has 0 fully saturated rings. The third-order valence-electron chi connectivity index (χ3n) is 1.07. The molecule has 88 valence electrons. The van der Waals surface area contributed by atoms with Gasteiger partial charge in [-0.25, -0.2) is 0 Å². The number of amides is 1. The molecule has 0 aliphatic carbocycles. The fraction of sp³-hybridized carbons (Fsp3) is 0.714. The van der Waals surface area contributed by atoms with Crippen molar-refractivity contribution in [2.24, 2.45) is 0 Å². The van der Waals surface area contributed by atoms with E-state index in [1.54, 1.807) is 19.6 Å². The van der Waals surface area contributed by atoms with E-state index in [1.165, 1.54) is 5.32 Å². The number of carbonyl (C=O) groups excluding carboxylic acids is 2. The van der Waals surface area contributed by atoms with Crippen LogP contribution in [0, 0.1) is 0 Å². The van der Waals surface area contributed by atoms with Crippen LogP contribution in [0.2, 0.25) is 19.6 Å². The van der Waals surface area contributed by atoms with Gasteiger partial charge in [0.2, 0.25) is 8.32 Å². The Morgan fingerprint density at radius 3 is 2.07 bits per heavy atom. The van der Waals surface area contributed by atoms with E-state index in [2.05, 4.69) is 0 Å². The predicted molar refractivity (Wildman–Crippen MR) is 48.5 cm³/mol. The summed E-state index contributed by atoms with van der Waals surface area (Å²) in [7, 11) is -2.12. The third-order valence-corrected chi connectivity index (χ3v) is 1.91. The Morgan fingerprint density at radius 2 is 1.73 bits per heavy atom. The number of rotatable bonds is 3. The molecular formula is C7H12F3NO3Si. The molecule has 0 unspecified atom stereocenters. The van der Waals surface area contributed by atoms with Crippen molar-refractivity contribution in [3.8, 4) is 0 Å². The average molecular weight is 243 g/mol. The van der Waals surface area contributed by atoms with Crippen LogP contribution in [0.5, 0.6) is 0 Å². The lowest BCUT2D eigenvalue weighted by Crippen LogP contribution is -2.42. The third kappa shape index (κ3) is 6.94. The highest BCUT2D eigenvalue weighted by molar-refractivity contribution is 6.71. The molecule has 0 aromatic carbocycles. The van der Waals surface area contributed by atoms with Gasteiger partial charge in [0.1, 0.15) is 6.54 Å². The maximum Gasteiger partial charge on any atom is 0.471 e. The molecule has 0 bridgehead atoms. The van der Waals surface area contributed by atoms with Crippen LogP contribution >= 0.6 is 0 Å². The van der Waals surface area contributed by atoms with E-state index in [0.29, 0.717) is 0 Å². The lowest BCUT2D eigenvalue weighted by molar-refractivity contribution is -0.174. The molecule has 0 saturated carbocycles. The monoisotopic (exact) mass is 243 g/mol. The van der Waals surface area contributed by atoms with Crippen LogP contribution in [0.4, 0.5) is 13.2 Å². The lowest BCUT2D eigenvalue weighted by Gasteiger charge is -2.17. The Balaban J connectivity index is 3.98. The predicted octanol–water partition coefficient (Wildman–Crippen LogP) is 1.04. The quantitative estimate of drug-likeness (QED) is 0.754. The Hall–Kier alpha value is -1.05. The van der Waals surface area contributed by atoms with Gasteiger partial charge in [-0.05, 0) is 19.6 Å². The van der Waals surface area contributed by atoms with Crippen molar-refractivity contribution in [1.82, 2.24) is 5.32 Å². The second-order valence-electron chi connectivity index (χ2n) is 3.77. The molecule has 0 radical (unpaired) electrons. The van der Waals surface area contributed by atoms with E-state index in [4.69, 9.17) is 4.43 Å². The molecule has 1 amide bonds. The Kier molecular flexibility index (Phi) is 4.32. The summed E-state index contributed by atoms with van der Waals surface area (Å²) in [5.74, 6) is -3.00. The first-order chi connectivity index (χ1) is 6.52. The van der Waals surface area contributed by atoms with E-state index in [1.807, 2.05) is 0 Å². The van der Waals surface area contributed by atoms with E-state index in [-0.39, 0.29) is 0 Å². The standard InChI is InChI=1S/C7H12F3NO3Si/c1-15(2,3)14-5(12)4-11-6(13)7(8,9)10/h4H2,1-3H3,(H,11,13). The Morgan fingerprint density at radius 1 is 1.27 bits per heavy atom. The van der Waals surface area contributed by atoms with Crippen LogP contribution in [0.3, 0.4) is 0 Å². The molecule has 4 nitrogen and oxygen atoms in total. The molecule has 0 aromatic rings. The molecule has 0 atom stereocenters. The number of carbonyl (C=O) groups is 2.